The number of benzene rings is 1. The average molecular weight is 467 g/mol. The van der Waals surface area contributed by atoms with Crippen LogP contribution in [0.2, 0.25) is 0 Å². The summed E-state index contributed by atoms with van der Waals surface area (Å²) in [6.07, 6.45) is 0.0120. The molecule has 1 spiro atoms. The Labute approximate surface area is 186 Å². The van der Waals surface area contributed by atoms with Gasteiger partial charge in [-0.1, -0.05) is 6.07 Å². The fourth-order valence-corrected chi connectivity index (χ4v) is 3.83. The van der Waals surface area contributed by atoms with Crippen molar-refractivity contribution in [3.63, 3.8) is 0 Å². The predicted octanol–water partition coefficient (Wildman–Crippen LogP) is 3.02. The van der Waals surface area contributed by atoms with E-state index in [1.165, 1.54) is 24.3 Å². The monoisotopic (exact) mass is 467 g/mol. The van der Waals surface area contributed by atoms with Crippen molar-refractivity contribution in [1.82, 2.24) is 15.2 Å². The molecule has 2 heterocycles. The standard InChI is InChI=1S/C20H20FN3O2.C2HF3O2/c21-16-5-3-15(4-6-16)19(26)24-9-7-20(13-24)10-17(20)18(25)23-12-14-2-1-8-22-11-14;3-2(4,5)1(6)7/h1-6,8,11,17H,7,9-10,12-13H2,(H,23,25);(H,6,7). The lowest BCUT2D eigenvalue weighted by molar-refractivity contribution is -0.192. The van der Waals surface area contributed by atoms with Crippen molar-refractivity contribution < 1.29 is 37.1 Å². The number of hydrogen-bond acceptors (Lipinski definition) is 4. The van der Waals surface area contributed by atoms with Crippen molar-refractivity contribution in [3.8, 4) is 0 Å². The Balaban J connectivity index is 0.000000383. The number of carbonyl (C=O) groups is 3. The number of carbonyl (C=O) groups excluding carboxylic acids is 2. The lowest BCUT2D eigenvalue weighted by atomic mass is 10.0. The van der Waals surface area contributed by atoms with E-state index in [1.807, 2.05) is 12.1 Å². The zero-order valence-electron chi connectivity index (χ0n) is 17.3. The molecule has 4 rings (SSSR count). The molecule has 1 aromatic carbocycles. The highest BCUT2D eigenvalue weighted by atomic mass is 19.4. The summed E-state index contributed by atoms with van der Waals surface area (Å²) in [5, 5.41) is 10.1. The number of pyridine rings is 1. The van der Waals surface area contributed by atoms with Gasteiger partial charge in [-0.05, 0) is 48.7 Å². The van der Waals surface area contributed by atoms with Crippen LogP contribution in [-0.2, 0) is 16.1 Å². The van der Waals surface area contributed by atoms with Gasteiger partial charge >= 0.3 is 12.1 Å². The summed E-state index contributed by atoms with van der Waals surface area (Å²) in [6, 6.07) is 9.38. The van der Waals surface area contributed by atoms with Crippen molar-refractivity contribution in [3.05, 3.63) is 65.7 Å². The number of aliphatic carboxylic acids is 1. The van der Waals surface area contributed by atoms with Gasteiger partial charge in [0, 0.05) is 48.9 Å². The van der Waals surface area contributed by atoms with E-state index in [-0.39, 0.29) is 29.0 Å². The van der Waals surface area contributed by atoms with Crippen LogP contribution < -0.4 is 5.32 Å². The summed E-state index contributed by atoms with van der Waals surface area (Å²) in [4.78, 5) is 39.7. The number of carboxylic acids is 1. The summed E-state index contributed by atoms with van der Waals surface area (Å²) >= 11 is 0. The molecule has 7 nitrogen and oxygen atoms in total. The molecule has 1 aliphatic heterocycles. The van der Waals surface area contributed by atoms with Crippen LogP contribution in [0.5, 0.6) is 0 Å². The molecule has 2 unspecified atom stereocenters. The van der Waals surface area contributed by atoms with Crippen LogP contribution >= 0.6 is 0 Å². The summed E-state index contributed by atoms with van der Waals surface area (Å²) in [5.41, 5.74) is 1.37. The van der Waals surface area contributed by atoms with Crippen LogP contribution in [0, 0.1) is 17.2 Å². The molecular weight excluding hydrogens is 446 g/mol. The first kappa shape index (κ1) is 24.1. The lowest BCUT2D eigenvalue weighted by Crippen LogP contribution is -2.31. The van der Waals surface area contributed by atoms with Gasteiger partial charge in [-0.15, -0.1) is 0 Å². The minimum atomic E-state index is -5.08. The van der Waals surface area contributed by atoms with E-state index >= 15 is 0 Å². The first-order valence-corrected chi connectivity index (χ1v) is 10.0. The highest BCUT2D eigenvalue weighted by Gasteiger charge is 2.61. The largest absolute Gasteiger partial charge is 0.490 e. The maximum atomic E-state index is 13.0. The molecule has 1 aromatic heterocycles. The van der Waals surface area contributed by atoms with Crippen LogP contribution in [0.25, 0.3) is 0 Å². The second-order valence-electron chi connectivity index (χ2n) is 7.98. The minimum absolute atomic E-state index is 0.0369. The predicted molar refractivity (Wildman–Crippen MR) is 107 cm³/mol. The van der Waals surface area contributed by atoms with Gasteiger partial charge < -0.3 is 15.3 Å². The number of likely N-dealkylation sites (tertiary alicyclic amines) is 1. The van der Waals surface area contributed by atoms with Gasteiger partial charge in [0.1, 0.15) is 5.82 Å². The zero-order valence-corrected chi connectivity index (χ0v) is 17.3. The van der Waals surface area contributed by atoms with Gasteiger partial charge in [-0.3, -0.25) is 14.6 Å². The van der Waals surface area contributed by atoms with Crippen LogP contribution in [0.4, 0.5) is 17.6 Å². The third-order valence-corrected chi connectivity index (χ3v) is 5.70. The number of rotatable bonds is 4. The van der Waals surface area contributed by atoms with E-state index in [0.717, 1.165) is 18.4 Å². The number of aromatic nitrogens is 1. The third kappa shape index (κ3) is 6.05. The second kappa shape index (κ2) is 9.55. The van der Waals surface area contributed by atoms with E-state index in [2.05, 4.69) is 10.3 Å². The van der Waals surface area contributed by atoms with Crippen molar-refractivity contribution in [2.75, 3.05) is 13.1 Å². The molecule has 11 heteroatoms. The molecule has 2 N–H and O–H groups in total. The fourth-order valence-electron chi connectivity index (χ4n) is 3.83. The van der Waals surface area contributed by atoms with Crippen LogP contribution in [0.15, 0.2) is 48.8 Å². The Bertz CT molecular complexity index is 1010. The van der Waals surface area contributed by atoms with Crippen LogP contribution in [0.1, 0.15) is 28.8 Å². The van der Waals surface area contributed by atoms with E-state index in [9.17, 15) is 27.2 Å². The third-order valence-electron chi connectivity index (χ3n) is 5.70. The summed E-state index contributed by atoms with van der Waals surface area (Å²) in [5.74, 6) is -3.20. The Morgan fingerprint density at radius 1 is 1.18 bits per heavy atom. The summed E-state index contributed by atoms with van der Waals surface area (Å²) in [7, 11) is 0. The summed E-state index contributed by atoms with van der Waals surface area (Å²) < 4.78 is 44.8. The van der Waals surface area contributed by atoms with Crippen molar-refractivity contribution in [2.24, 2.45) is 11.3 Å². The average Bonchev–Trinajstić information content (AvgIpc) is 3.32. The molecule has 2 fully saturated rings. The number of amides is 2. The molecule has 0 radical (unpaired) electrons. The first-order valence-electron chi connectivity index (χ1n) is 10.0. The van der Waals surface area contributed by atoms with Crippen LogP contribution in [-0.4, -0.2) is 52.0 Å². The number of carboxylic acid groups (broad SMARTS) is 1. The minimum Gasteiger partial charge on any atom is -0.475 e. The molecule has 1 saturated heterocycles. The molecule has 2 aromatic rings. The van der Waals surface area contributed by atoms with E-state index in [0.29, 0.717) is 25.2 Å². The Morgan fingerprint density at radius 3 is 2.42 bits per heavy atom. The molecular formula is C22H21F4N3O4. The number of nitrogens with zero attached hydrogens (tertiary/aromatic N) is 2. The van der Waals surface area contributed by atoms with Gasteiger partial charge in [0.05, 0.1) is 0 Å². The van der Waals surface area contributed by atoms with Gasteiger partial charge in [0.2, 0.25) is 5.91 Å². The molecule has 1 saturated carbocycles. The first-order chi connectivity index (χ1) is 15.5. The smallest absolute Gasteiger partial charge is 0.475 e. The van der Waals surface area contributed by atoms with Gasteiger partial charge in [0.15, 0.2) is 0 Å². The second-order valence-corrected chi connectivity index (χ2v) is 7.98. The molecule has 1 aliphatic carbocycles. The van der Waals surface area contributed by atoms with E-state index in [1.54, 1.807) is 17.3 Å². The van der Waals surface area contributed by atoms with Gasteiger partial charge in [0.25, 0.3) is 5.91 Å². The number of nitrogens with one attached hydrogen (secondary N) is 1. The van der Waals surface area contributed by atoms with Crippen molar-refractivity contribution >= 4 is 17.8 Å². The highest BCUT2D eigenvalue weighted by Crippen LogP contribution is 2.58. The Morgan fingerprint density at radius 2 is 1.85 bits per heavy atom. The lowest BCUT2D eigenvalue weighted by Gasteiger charge is -2.17. The SMILES string of the molecule is O=C(NCc1cccnc1)C1CC12CCN(C(=O)c1ccc(F)cc1)C2.O=C(O)C(F)(F)F. The highest BCUT2D eigenvalue weighted by molar-refractivity contribution is 5.94. The maximum absolute atomic E-state index is 13.0. The van der Waals surface area contributed by atoms with E-state index < -0.39 is 12.1 Å². The molecule has 0 bridgehead atoms. The molecule has 2 aliphatic rings. The zero-order chi connectivity index (χ0) is 24.2. The number of halogens is 4. The maximum Gasteiger partial charge on any atom is 0.490 e. The Kier molecular flexibility index (Phi) is 6.99. The van der Waals surface area contributed by atoms with E-state index in [4.69, 9.17) is 9.90 Å². The number of alkyl halides is 3. The molecule has 2 amide bonds. The fraction of sp³-hybridized carbons (Fsp3) is 0.364. The number of hydrogen-bond donors (Lipinski definition) is 2. The molecule has 176 valence electrons. The quantitative estimate of drug-likeness (QED) is 0.674. The van der Waals surface area contributed by atoms with Gasteiger partial charge in [-0.2, -0.15) is 13.2 Å². The van der Waals surface area contributed by atoms with Crippen molar-refractivity contribution in [1.29, 1.82) is 0 Å². The van der Waals surface area contributed by atoms with Crippen LogP contribution in [0.3, 0.4) is 0 Å². The topological polar surface area (TPSA) is 99.6 Å². The molecule has 2 atom stereocenters. The summed E-state index contributed by atoms with van der Waals surface area (Å²) in [6.45, 7) is 1.70. The normalized spacial score (nSPS) is 21.2. The van der Waals surface area contributed by atoms with Crippen molar-refractivity contribution in [2.45, 2.75) is 25.6 Å². The Hall–Kier alpha value is -3.50. The van der Waals surface area contributed by atoms with Gasteiger partial charge in [-0.25, -0.2) is 9.18 Å². The molecule has 33 heavy (non-hydrogen) atoms.